The first-order valence-corrected chi connectivity index (χ1v) is 6.02. The van der Waals surface area contributed by atoms with Crippen molar-refractivity contribution in [1.29, 1.82) is 0 Å². The molecule has 2 N–H and O–H groups in total. The molecule has 3 rings (SSSR count). The SMILES string of the molecule is Nc1ccc(Br)cc1-c1cn2ccccc2n1. The smallest absolute Gasteiger partial charge is 0.137 e. The van der Waals surface area contributed by atoms with Crippen LogP contribution in [0.5, 0.6) is 0 Å². The molecule has 3 nitrogen and oxygen atoms in total. The molecule has 2 aromatic heterocycles. The van der Waals surface area contributed by atoms with Gasteiger partial charge in [-0.05, 0) is 30.3 Å². The van der Waals surface area contributed by atoms with E-state index in [-0.39, 0.29) is 0 Å². The fourth-order valence-electron chi connectivity index (χ4n) is 1.81. The number of hydrogen-bond acceptors (Lipinski definition) is 2. The zero-order valence-corrected chi connectivity index (χ0v) is 10.6. The Bertz CT molecular complexity index is 655. The summed E-state index contributed by atoms with van der Waals surface area (Å²) in [5, 5.41) is 0. The Kier molecular flexibility index (Phi) is 2.37. The van der Waals surface area contributed by atoms with Gasteiger partial charge in [-0.1, -0.05) is 22.0 Å². The van der Waals surface area contributed by atoms with Crippen molar-refractivity contribution in [3.05, 3.63) is 53.3 Å². The number of aromatic nitrogens is 2. The lowest BCUT2D eigenvalue weighted by Crippen LogP contribution is -1.89. The zero-order valence-electron chi connectivity index (χ0n) is 8.97. The molecule has 0 spiro atoms. The van der Waals surface area contributed by atoms with Gasteiger partial charge in [-0.25, -0.2) is 4.98 Å². The maximum Gasteiger partial charge on any atom is 0.137 e. The lowest BCUT2D eigenvalue weighted by atomic mass is 10.1. The molecular formula is C13H10BrN3. The second-order valence-corrected chi connectivity index (χ2v) is 4.74. The maximum absolute atomic E-state index is 5.97. The molecule has 0 saturated carbocycles. The predicted octanol–water partition coefficient (Wildman–Crippen LogP) is 3.35. The summed E-state index contributed by atoms with van der Waals surface area (Å²) >= 11 is 3.45. The fraction of sp³-hybridized carbons (Fsp3) is 0. The number of fused-ring (bicyclic) bond motifs is 1. The van der Waals surface area contributed by atoms with E-state index in [1.807, 2.05) is 53.2 Å². The van der Waals surface area contributed by atoms with Gasteiger partial charge in [0.15, 0.2) is 0 Å². The Hall–Kier alpha value is -1.81. The molecule has 17 heavy (non-hydrogen) atoms. The number of anilines is 1. The minimum absolute atomic E-state index is 0.733. The second-order valence-electron chi connectivity index (χ2n) is 3.82. The van der Waals surface area contributed by atoms with Crippen molar-refractivity contribution in [2.45, 2.75) is 0 Å². The van der Waals surface area contributed by atoms with E-state index >= 15 is 0 Å². The van der Waals surface area contributed by atoms with Crippen LogP contribution in [-0.2, 0) is 0 Å². The summed E-state index contributed by atoms with van der Waals surface area (Å²) in [5.41, 5.74) is 9.46. The quantitative estimate of drug-likeness (QED) is 0.698. The number of nitrogens with two attached hydrogens (primary N) is 1. The highest BCUT2D eigenvalue weighted by Gasteiger charge is 2.07. The van der Waals surface area contributed by atoms with Crippen LogP contribution in [0, 0.1) is 0 Å². The zero-order chi connectivity index (χ0) is 11.8. The van der Waals surface area contributed by atoms with Crippen LogP contribution < -0.4 is 5.73 Å². The minimum atomic E-state index is 0.733. The Morgan fingerprint density at radius 2 is 2.06 bits per heavy atom. The molecule has 0 unspecified atom stereocenters. The number of hydrogen-bond donors (Lipinski definition) is 1. The summed E-state index contributed by atoms with van der Waals surface area (Å²) in [6.45, 7) is 0. The van der Waals surface area contributed by atoms with Crippen molar-refractivity contribution in [2.24, 2.45) is 0 Å². The van der Waals surface area contributed by atoms with Crippen LogP contribution >= 0.6 is 15.9 Å². The Balaban J connectivity index is 2.23. The molecule has 4 heteroatoms. The molecule has 0 saturated heterocycles. The van der Waals surface area contributed by atoms with Crippen molar-refractivity contribution in [3.63, 3.8) is 0 Å². The van der Waals surface area contributed by atoms with Crippen LogP contribution in [0.25, 0.3) is 16.9 Å². The molecule has 2 heterocycles. The van der Waals surface area contributed by atoms with Crippen LogP contribution in [0.4, 0.5) is 5.69 Å². The van der Waals surface area contributed by atoms with E-state index in [1.165, 1.54) is 0 Å². The van der Waals surface area contributed by atoms with Crippen molar-refractivity contribution in [3.8, 4) is 11.3 Å². The monoisotopic (exact) mass is 287 g/mol. The molecule has 3 aromatic rings. The van der Waals surface area contributed by atoms with Gasteiger partial charge in [0.1, 0.15) is 5.65 Å². The van der Waals surface area contributed by atoms with Crippen LogP contribution in [0.3, 0.4) is 0 Å². The highest BCUT2D eigenvalue weighted by Crippen LogP contribution is 2.28. The van der Waals surface area contributed by atoms with Crippen LogP contribution in [0.1, 0.15) is 0 Å². The van der Waals surface area contributed by atoms with Gasteiger partial charge in [0.05, 0.1) is 5.69 Å². The van der Waals surface area contributed by atoms with E-state index < -0.39 is 0 Å². The summed E-state index contributed by atoms with van der Waals surface area (Å²) in [5.74, 6) is 0. The summed E-state index contributed by atoms with van der Waals surface area (Å²) in [6.07, 6.45) is 3.95. The van der Waals surface area contributed by atoms with Gasteiger partial charge in [0.25, 0.3) is 0 Å². The lowest BCUT2D eigenvalue weighted by Gasteiger charge is -2.02. The highest BCUT2D eigenvalue weighted by atomic mass is 79.9. The Morgan fingerprint density at radius 1 is 1.18 bits per heavy atom. The van der Waals surface area contributed by atoms with Gasteiger partial charge in [0.2, 0.25) is 0 Å². The van der Waals surface area contributed by atoms with Gasteiger partial charge >= 0.3 is 0 Å². The molecule has 84 valence electrons. The number of nitrogen functional groups attached to an aromatic ring is 1. The standard InChI is InChI=1S/C13H10BrN3/c14-9-4-5-11(15)10(7-9)12-8-17-6-2-1-3-13(17)16-12/h1-8H,15H2. The number of pyridine rings is 1. The van der Waals surface area contributed by atoms with Crippen LogP contribution in [0.15, 0.2) is 53.3 Å². The largest absolute Gasteiger partial charge is 0.398 e. The third kappa shape index (κ3) is 1.80. The maximum atomic E-state index is 5.97. The summed E-state index contributed by atoms with van der Waals surface area (Å²) in [7, 11) is 0. The minimum Gasteiger partial charge on any atom is -0.398 e. The molecule has 0 aliphatic heterocycles. The van der Waals surface area contributed by atoms with Gasteiger partial charge in [0, 0.05) is 28.1 Å². The van der Waals surface area contributed by atoms with Crippen molar-refractivity contribution in [1.82, 2.24) is 9.38 Å². The van der Waals surface area contributed by atoms with Crippen LogP contribution in [0.2, 0.25) is 0 Å². The van der Waals surface area contributed by atoms with Crippen LogP contribution in [-0.4, -0.2) is 9.38 Å². The number of benzene rings is 1. The van der Waals surface area contributed by atoms with Gasteiger partial charge in [-0.15, -0.1) is 0 Å². The van der Waals surface area contributed by atoms with Crippen molar-refractivity contribution in [2.75, 3.05) is 5.73 Å². The number of halogens is 1. The highest BCUT2D eigenvalue weighted by molar-refractivity contribution is 9.10. The van der Waals surface area contributed by atoms with E-state index in [0.29, 0.717) is 0 Å². The van der Waals surface area contributed by atoms with E-state index in [0.717, 1.165) is 27.1 Å². The normalized spacial score (nSPS) is 10.9. The number of nitrogens with zero attached hydrogens (tertiary/aromatic N) is 2. The van der Waals surface area contributed by atoms with E-state index in [4.69, 9.17) is 5.73 Å². The summed E-state index contributed by atoms with van der Waals surface area (Å²) in [4.78, 5) is 4.55. The molecule has 0 aliphatic carbocycles. The Morgan fingerprint density at radius 3 is 2.88 bits per heavy atom. The van der Waals surface area contributed by atoms with Gasteiger partial charge in [-0.3, -0.25) is 0 Å². The molecular weight excluding hydrogens is 278 g/mol. The average molecular weight is 288 g/mol. The second kappa shape index (κ2) is 3.89. The molecule has 0 radical (unpaired) electrons. The first-order chi connectivity index (χ1) is 8.24. The average Bonchev–Trinajstić information content (AvgIpc) is 2.75. The Labute approximate surface area is 107 Å². The number of rotatable bonds is 1. The summed E-state index contributed by atoms with van der Waals surface area (Å²) < 4.78 is 2.98. The predicted molar refractivity (Wildman–Crippen MR) is 72.7 cm³/mol. The fourth-order valence-corrected chi connectivity index (χ4v) is 2.18. The lowest BCUT2D eigenvalue weighted by molar-refractivity contribution is 1.19. The first-order valence-electron chi connectivity index (χ1n) is 5.23. The van der Waals surface area contributed by atoms with Gasteiger partial charge < -0.3 is 10.1 Å². The van der Waals surface area contributed by atoms with Crippen molar-refractivity contribution < 1.29 is 0 Å². The first kappa shape index (κ1) is 10.4. The molecule has 0 amide bonds. The van der Waals surface area contributed by atoms with Crippen molar-refractivity contribution >= 4 is 27.3 Å². The molecule has 0 fully saturated rings. The molecule has 1 aromatic carbocycles. The number of imidazole rings is 1. The molecule has 0 aliphatic rings. The topological polar surface area (TPSA) is 43.3 Å². The molecule has 0 bridgehead atoms. The third-order valence-electron chi connectivity index (χ3n) is 2.66. The van der Waals surface area contributed by atoms with E-state index in [2.05, 4.69) is 20.9 Å². The summed E-state index contributed by atoms with van der Waals surface area (Å²) in [6, 6.07) is 11.7. The molecule has 0 atom stereocenters. The van der Waals surface area contributed by atoms with Gasteiger partial charge in [-0.2, -0.15) is 0 Å². The van der Waals surface area contributed by atoms with E-state index in [9.17, 15) is 0 Å². The van der Waals surface area contributed by atoms with E-state index in [1.54, 1.807) is 0 Å². The third-order valence-corrected chi connectivity index (χ3v) is 3.15.